The molecule has 1 amide bonds. The third kappa shape index (κ3) is 4.84. The number of nitrogens with two attached hydrogens (primary N) is 1. The van der Waals surface area contributed by atoms with Crippen LogP contribution in [0, 0.1) is 0 Å². The fourth-order valence-electron chi connectivity index (χ4n) is 1.96. The quantitative estimate of drug-likeness (QED) is 0.816. The van der Waals surface area contributed by atoms with E-state index in [0.29, 0.717) is 13.1 Å². The predicted molar refractivity (Wildman–Crippen MR) is 82.8 cm³/mol. The number of nitrogens with zero attached hydrogens (tertiary/aromatic N) is 2. The van der Waals surface area contributed by atoms with Crippen LogP contribution in [0.25, 0.3) is 0 Å². The normalized spacial score (nSPS) is 10.8. The summed E-state index contributed by atoms with van der Waals surface area (Å²) in [4.78, 5) is 15.8. The summed E-state index contributed by atoms with van der Waals surface area (Å²) in [6, 6.07) is 5.83. The van der Waals surface area contributed by atoms with Crippen LogP contribution in [0.2, 0.25) is 0 Å². The zero-order valence-electron chi connectivity index (χ0n) is 11.8. The van der Waals surface area contributed by atoms with E-state index in [2.05, 4.69) is 15.9 Å². The number of carbonyl (C=O) groups is 1. The molecule has 0 radical (unpaired) electrons. The summed E-state index contributed by atoms with van der Waals surface area (Å²) >= 11 is 3.39. The molecular formula is C14H22BrN3O. The zero-order valence-corrected chi connectivity index (χ0v) is 13.4. The Morgan fingerprint density at radius 1 is 1.32 bits per heavy atom. The summed E-state index contributed by atoms with van der Waals surface area (Å²) in [6.45, 7) is 6.58. The van der Waals surface area contributed by atoms with Gasteiger partial charge in [0.1, 0.15) is 0 Å². The second-order valence-electron chi connectivity index (χ2n) is 4.58. The van der Waals surface area contributed by atoms with Crippen LogP contribution < -0.4 is 5.73 Å². The first kappa shape index (κ1) is 16.0. The SMILES string of the molecule is CCN(CC)C(=O)CN(C)Cc1ccc(Br)cc1N. The van der Waals surface area contributed by atoms with Crippen molar-refractivity contribution in [1.82, 2.24) is 9.80 Å². The van der Waals surface area contributed by atoms with Crippen molar-refractivity contribution in [3.05, 3.63) is 28.2 Å². The van der Waals surface area contributed by atoms with Crippen LogP contribution >= 0.6 is 15.9 Å². The minimum absolute atomic E-state index is 0.156. The number of carbonyl (C=O) groups excluding carboxylic acids is 1. The number of halogens is 1. The van der Waals surface area contributed by atoms with Gasteiger partial charge in [0, 0.05) is 29.8 Å². The average Bonchev–Trinajstić information content (AvgIpc) is 2.34. The standard InChI is InChI=1S/C14H22BrN3O/c1-4-18(5-2)14(19)10-17(3)9-11-6-7-12(15)8-13(11)16/h6-8H,4-5,9-10,16H2,1-3H3. The molecule has 2 N–H and O–H groups in total. The van der Waals surface area contributed by atoms with Crippen molar-refractivity contribution in [2.75, 3.05) is 32.4 Å². The van der Waals surface area contributed by atoms with Gasteiger partial charge >= 0.3 is 0 Å². The first-order chi connectivity index (χ1) is 8.97. The molecule has 19 heavy (non-hydrogen) atoms. The Bertz CT molecular complexity index is 433. The Hall–Kier alpha value is -1.07. The molecule has 0 aliphatic rings. The van der Waals surface area contributed by atoms with Crippen molar-refractivity contribution < 1.29 is 4.79 Å². The lowest BCUT2D eigenvalue weighted by atomic mass is 10.1. The molecule has 0 unspecified atom stereocenters. The van der Waals surface area contributed by atoms with Crippen LogP contribution in [0.5, 0.6) is 0 Å². The molecule has 1 aromatic carbocycles. The van der Waals surface area contributed by atoms with E-state index in [9.17, 15) is 4.79 Å². The Morgan fingerprint density at radius 3 is 2.47 bits per heavy atom. The third-order valence-electron chi connectivity index (χ3n) is 3.07. The molecule has 0 fully saturated rings. The van der Waals surface area contributed by atoms with Crippen molar-refractivity contribution in [2.24, 2.45) is 0 Å². The van der Waals surface area contributed by atoms with Gasteiger partial charge in [-0.3, -0.25) is 9.69 Å². The molecular weight excluding hydrogens is 306 g/mol. The number of amides is 1. The minimum Gasteiger partial charge on any atom is -0.398 e. The van der Waals surface area contributed by atoms with Gasteiger partial charge in [-0.1, -0.05) is 22.0 Å². The molecule has 4 nitrogen and oxygen atoms in total. The number of nitrogen functional groups attached to an aromatic ring is 1. The van der Waals surface area contributed by atoms with Gasteiger partial charge in [-0.15, -0.1) is 0 Å². The Kier molecular flexibility index (Phi) is 6.31. The lowest BCUT2D eigenvalue weighted by Crippen LogP contribution is -2.38. The van der Waals surface area contributed by atoms with E-state index < -0.39 is 0 Å². The monoisotopic (exact) mass is 327 g/mol. The molecule has 0 aliphatic carbocycles. The first-order valence-corrected chi connectivity index (χ1v) is 7.27. The molecule has 0 saturated heterocycles. The molecule has 0 aromatic heterocycles. The topological polar surface area (TPSA) is 49.6 Å². The maximum atomic E-state index is 12.0. The molecule has 0 aliphatic heterocycles. The first-order valence-electron chi connectivity index (χ1n) is 6.48. The van der Waals surface area contributed by atoms with Crippen molar-refractivity contribution in [2.45, 2.75) is 20.4 Å². The van der Waals surface area contributed by atoms with E-state index in [4.69, 9.17) is 5.73 Å². The molecule has 106 valence electrons. The van der Waals surface area contributed by atoms with Gasteiger partial charge in [-0.2, -0.15) is 0 Å². The van der Waals surface area contributed by atoms with E-state index >= 15 is 0 Å². The molecule has 5 heteroatoms. The Labute approximate surface area is 123 Å². The van der Waals surface area contributed by atoms with Crippen LogP contribution in [0.15, 0.2) is 22.7 Å². The number of anilines is 1. The highest BCUT2D eigenvalue weighted by Gasteiger charge is 2.13. The minimum atomic E-state index is 0.156. The van der Waals surface area contributed by atoms with Crippen molar-refractivity contribution >= 4 is 27.5 Å². The van der Waals surface area contributed by atoms with E-state index in [1.165, 1.54) is 0 Å². The molecule has 0 atom stereocenters. The highest BCUT2D eigenvalue weighted by molar-refractivity contribution is 9.10. The summed E-state index contributed by atoms with van der Waals surface area (Å²) in [5.74, 6) is 0.156. The second kappa shape index (κ2) is 7.50. The predicted octanol–water partition coefficient (Wildman–Crippen LogP) is 2.33. The van der Waals surface area contributed by atoms with Gasteiger partial charge in [0.2, 0.25) is 5.91 Å². The maximum Gasteiger partial charge on any atom is 0.236 e. The Balaban J connectivity index is 2.60. The van der Waals surface area contributed by atoms with Crippen LogP contribution in [0.3, 0.4) is 0 Å². The van der Waals surface area contributed by atoms with Crippen LogP contribution in [-0.4, -0.2) is 42.4 Å². The highest BCUT2D eigenvalue weighted by Crippen LogP contribution is 2.19. The van der Waals surface area contributed by atoms with E-state index in [-0.39, 0.29) is 5.91 Å². The number of rotatable bonds is 6. The molecule has 0 saturated carbocycles. The van der Waals surface area contributed by atoms with E-state index in [1.54, 1.807) is 0 Å². The smallest absolute Gasteiger partial charge is 0.236 e. The Morgan fingerprint density at radius 2 is 1.95 bits per heavy atom. The average molecular weight is 328 g/mol. The van der Waals surface area contributed by atoms with Crippen LogP contribution in [0.1, 0.15) is 19.4 Å². The number of likely N-dealkylation sites (N-methyl/N-ethyl adjacent to an activating group) is 2. The maximum absolute atomic E-state index is 12.0. The van der Waals surface area contributed by atoms with Crippen LogP contribution in [0.4, 0.5) is 5.69 Å². The summed E-state index contributed by atoms with van der Waals surface area (Å²) in [6.07, 6.45) is 0. The molecule has 1 rings (SSSR count). The van der Waals surface area contributed by atoms with Gasteiger partial charge < -0.3 is 10.6 Å². The fourth-order valence-corrected chi connectivity index (χ4v) is 2.34. The second-order valence-corrected chi connectivity index (χ2v) is 5.50. The summed E-state index contributed by atoms with van der Waals surface area (Å²) < 4.78 is 0.968. The zero-order chi connectivity index (χ0) is 14.4. The molecule has 0 spiro atoms. The van der Waals surface area contributed by atoms with Gasteiger partial charge in [0.15, 0.2) is 0 Å². The summed E-state index contributed by atoms with van der Waals surface area (Å²) in [5.41, 5.74) is 7.75. The number of hydrogen-bond acceptors (Lipinski definition) is 3. The van der Waals surface area contributed by atoms with Crippen molar-refractivity contribution in [3.8, 4) is 0 Å². The molecule has 0 heterocycles. The highest BCUT2D eigenvalue weighted by atomic mass is 79.9. The summed E-state index contributed by atoms with van der Waals surface area (Å²) in [7, 11) is 1.93. The lowest BCUT2D eigenvalue weighted by molar-refractivity contribution is -0.131. The largest absolute Gasteiger partial charge is 0.398 e. The van der Waals surface area contributed by atoms with Gasteiger partial charge in [-0.05, 0) is 38.6 Å². The fraction of sp³-hybridized carbons (Fsp3) is 0.500. The van der Waals surface area contributed by atoms with E-state index in [1.807, 2.05) is 48.9 Å². The van der Waals surface area contributed by atoms with Crippen LogP contribution in [-0.2, 0) is 11.3 Å². The van der Waals surface area contributed by atoms with Crippen molar-refractivity contribution in [3.63, 3.8) is 0 Å². The summed E-state index contributed by atoms with van der Waals surface area (Å²) in [5, 5.41) is 0. The van der Waals surface area contributed by atoms with Crippen molar-refractivity contribution in [1.29, 1.82) is 0 Å². The van der Waals surface area contributed by atoms with E-state index in [0.717, 1.165) is 28.8 Å². The van der Waals surface area contributed by atoms with Gasteiger partial charge in [-0.25, -0.2) is 0 Å². The number of hydrogen-bond donors (Lipinski definition) is 1. The third-order valence-corrected chi connectivity index (χ3v) is 3.56. The number of benzene rings is 1. The lowest BCUT2D eigenvalue weighted by Gasteiger charge is -2.23. The van der Waals surface area contributed by atoms with Gasteiger partial charge in [0.05, 0.1) is 6.54 Å². The molecule has 1 aromatic rings. The molecule has 0 bridgehead atoms. The van der Waals surface area contributed by atoms with Gasteiger partial charge in [0.25, 0.3) is 0 Å².